The van der Waals surface area contributed by atoms with Crippen LogP contribution in [0.1, 0.15) is 25.7 Å². The van der Waals surface area contributed by atoms with E-state index in [4.69, 9.17) is 4.74 Å². The maximum Gasteiger partial charge on any atom is 0.229 e. The third kappa shape index (κ3) is 4.10. The number of hydrogen-bond acceptors (Lipinski definition) is 6. The highest BCUT2D eigenvalue weighted by atomic mass is 32.2. The van der Waals surface area contributed by atoms with Crippen molar-refractivity contribution in [2.45, 2.75) is 43.5 Å². The van der Waals surface area contributed by atoms with Gasteiger partial charge in [0, 0.05) is 37.3 Å². The molecule has 2 aliphatic rings. The lowest BCUT2D eigenvalue weighted by Crippen LogP contribution is -2.31. The lowest BCUT2D eigenvalue weighted by Gasteiger charge is -2.16. The maximum absolute atomic E-state index is 13.3. The van der Waals surface area contributed by atoms with Crippen molar-refractivity contribution in [2.24, 2.45) is 0 Å². The largest absolute Gasteiger partial charge is 0.376 e. The molecule has 0 bridgehead atoms. The summed E-state index contributed by atoms with van der Waals surface area (Å²) in [5.74, 6) is 0.677. The molecule has 0 spiro atoms. The van der Waals surface area contributed by atoms with Crippen LogP contribution in [0.5, 0.6) is 0 Å². The molecule has 7 nitrogen and oxygen atoms in total. The summed E-state index contributed by atoms with van der Waals surface area (Å²) in [5.41, 5.74) is 0.781. The first-order valence-electron chi connectivity index (χ1n) is 9.38. The number of benzene rings is 1. The Morgan fingerprint density at radius 3 is 2.57 bits per heavy atom. The summed E-state index contributed by atoms with van der Waals surface area (Å²) in [5, 5.41) is 9.31. The van der Waals surface area contributed by atoms with Gasteiger partial charge in [-0.2, -0.15) is 0 Å². The third-order valence-corrected chi connectivity index (χ3v) is 5.88. The molecule has 2 amide bonds. The second-order valence-corrected chi connectivity index (χ2v) is 7.91. The first-order valence-corrected chi connectivity index (χ1v) is 10.4. The minimum Gasteiger partial charge on any atom is -0.376 e. The van der Waals surface area contributed by atoms with E-state index in [2.05, 4.69) is 10.2 Å². The first-order chi connectivity index (χ1) is 13.6. The smallest absolute Gasteiger partial charge is 0.229 e. The van der Waals surface area contributed by atoms with E-state index >= 15 is 0 Å². The van der Waals surface area contributed by atoms with Crippen LogP contribution in [0.4, 0.5) is 4.39 Å². The Labute approximate surface area is 166 Å². The fourth-order valence-corrected chi connectivity index (χ4v) is 4.34. The summed E-state index contributed by atoms with van der Waals surface area (Å²) in [7, 11) is 0. The van der Waals surface area contributed by atoms with E-state index in [1.165, 1.54) is 28.8 Å². The molecular weight excluding hydrogens is 383 g/mol. The molecule has 4 rings (SSSR count). The Balaban J connectivity index is 1.51. The normalized spacial score (nSPS) is 19.8. The predicted octanol–water partition coefficient (Wildman–Crippen LogP) is 2.50. The number of halogens is 1. The Kier molecular flexibility index (Phi) is 5.72. The van der Waals surface area contributed by atoms with Crippen molar-refractivity contribution < 1.29 is 18.7 Å². The Morgan fingerprint density at radius 1 is 1.14 bits per heavy atom. The van der Waals surface area contributed by atoms with E-state index in [0.717, 1.165) is 25.0 Å². The fraction of sp³-hybridized carbons (Fsp3) is 0.474. The molecule has 0 saturated carbocycles. The molecule has 9 heteroatoms. The van der Waals surface area contributed by atoms with Crippen LogP contribution in [0.3, 0.4) is 0 Å². The molecule has 1 atom stereocenters. The van der Waals surface area contributed by atoms with Crippen molar-refractivity contribution in [2.75, 3.05) is 18.9 Å². The van der Waals surface area contributed by atoms with Gasteiger partial charge < -0.3 is 4.74 Å². The molecule has 28 heavy (non-hydrogen) atoms. The number of hydrogen-bond donors (Lipinski definition) is 0. The van der Waals surface area contributed by atoms with Crippen LogP contribution in [0, 0.1) is 5.82 Å². The summed E-state index contributed by atoms with van der Waals surface area (Å²) in [4.78, 5) is 24.8. The van der Waals surface area contributed by atoms with E-state index in [1.807, 2.05) is 4.57 Å². The van der Waals surface area contributed by atoms with Gasteiger partial charge in [-0.3, -0.25) is 19.1 Å². The lowest BCUT2D eigenvalue weighted by atomic mass is 10.2. The van der Waals surface area contributed by atoms with Crippen LogP contribution in [0.15, 0.2) is 29.4 Å². The second-order valence-electron chi connectivity index (χ2n) is 6.85. The van der Waals surface area contributed by atoms with E-state index in [0.29, 0.717) is 42.7 Å². The van der Waals surface area contributed by atoms with Gasteiger partial charge in [0.05, 0.1) is 12.6 Å². The van der Waals surface area contributed by atoms with E-state index in [1.54, 1.807) is 12.1 Å². The minimum absolute atomic E-state index is 0.0938. The van der Waals surface area contributed by atoms with Crippen LogP contribution in [0.2, 0.25) is 0 Å². The molecule has 0 radical (unpaired) electrons. The number of thioether (sulfide) groups is 1. The van der Waals surface area contributed by atoms with Crippen molar-refractivity contribution in [3.05, 3.63) is 30.1 Å². The van der Waals surface area contributed by atoms with Gasteiger partial charge in [0.25, 0.3) is 0 Å². The number of carbonyl (C=O) groups is 2. The zero-order valence-electron chi connectivity index (χ0n) is 15.3. The van der Waals surface area contributed by atoms with Gasteiger partial charge in [0.15, 0.2) is 11.0 Å². The zero-order valence-corrected chi connectivity index (χ0v) is 16.2. The summed E-state index contributed by atoms with van der Waals surface area (Å²) in [6, 6.07) is 6.17. The minimum atomic E-state index is -0.302. The summed E-state index contributed by atoms with van der Waals surface area (Å²) in [6.07, 6.45) is 2.69. The van der Waals surface area contributed by atoms with E-state index in [-0.39, 0.29) is 23.7 Å². The predicted molar refractivity (Wildman–Crippen MR) is 101 cm³/mol. The van der Waals surface area contributed by atoms with Crippen LogP contribution in [-0.2, 0) is 20.9 Å². The van der Waals surface area contributed by atoms with Gasteiger partial charge >= 0.3 is 0 Å². The van der Waals surface area contributed by atoms with Crippen molar-refractivity contribution in [3.63, 3.8) is 0 Å². The SMILES string of the molecule is O=C1CCC(=O)N1CCSc1nnc(-c2ccc(F)cc2)n1CC1CCCO1. The zero-order chi connectivity index (χ0) is 19.5. The number of carbonyl (C=O) groups excluding carboxylic acids is 2. The third-order valence-electron chi connectivity index (χ3n) is 4.93. The van der Waals surface area contributed by atoms with Crippen LogP contribution in [0.25, 0.3) is 11.4 Å². The number of imide groups is 1. The van der Waals surface area contributed by atoms with Gasteiger partial charge in [-0.25, -0.2) is 4.39 Å². The topological polar surface area (TPSA) is 77.3 Å². The number of ether oxygens (including phenoxy) is 1. The molecule has 2 aromatic rings. The quantitative estimate of drug-likeness (QED) is 0.521. The highest BCUT2D eigenvalue weighted by molar-refractivity contribution is 7.99. The number of aromatic nitrogens is 3. The van der Waals surface area contributed by atoms with Gasteiger partial charge in [0.1, 0.15) is 5.82 Å². The average molecular weight is 404 g/mol. The molecule has 2 fully saturated rings. The second kappa shape index (κ2) is 8.40. The molecular formula is C19H21FN4O3S. The molecule has 2 aliphatic heterocycles. The lowest BCUT2D eigenvalue weighted by molar-refractivity contribution is -0.137. The molecule has 1 unspecified atom stereocenters. The fourth-order valence-electron chi connectivity index (χ4n) is 3.47. The maximum atomic E-state index is 13.3. The molecule has 148 valence electrons. The highest BCUT2D eigenvalue weighted by Crippen LogP contribution is 2.27. The van der Waals surface area contributed by atoms with Crippen LogP contribution >= 0.6 is 11.8 Å². The van der Waals surface area contributed by atoms with Crippen LogP contribution < -0.4 is 0 Å². The molecule has 1 aromatic heterocycles. The van der Waals surface area contributed by atoms with Gasteiger partial charge in [-0.15, -0.1) is 10.2 Å². The molecule has 1 aromatic carbocycles. The number of rotatable bonds is 7. The van der Waals surface area contributed by atoms with Gasteiger partial charge in [0.2, 0.25) is 11.8 Å². The average Bonchev–Trinajstić information content (AvgIpc) is 3.41. The van der Waals surface area contributed by atoms with Gasteiger partial charge in [-0.05, 0) is 37.1 Å². The standard InChI is InChI=1S/C19H21FN4O3S/c20-14-5-3-13(4-6-14)18-21-22-19(24(18)12-15-2-1-10-27-15)28-11-9-23-16(25)7-8-17(23)26/h3-6,15H,1-2,7-12H2. The Morgan fingerprint density at radius 2 is 1.89 bits per heavy atom. The number of nitrogens with zero attached hydrogens (tertiary/aromatic N) is 4. The van der Waals surface area contributed by atoms with Crippen molar-refractivity contribution in [1.82, 2.24) is 19.7 Å². The Hall–Kier alpha value is -2.26. The summed E-state index contributed by atoms with van der Waals surface area (Å²) in [6.45, 7) is 1.73. The molecule has 2 saturated heterocycles. The first kappa shape index (κ1) is 19.1. The van der Waals surface area contributed by atoms with Crippen molar-refractivity contribution in [1.29, 1.82) is 0 Å². The van der Waals surface area contributed by atoms with Gasteiger partial charge in [-0.1, -0.05) is 11.8 Å². The molecule has 0 N–H and O–H groups in total. The Bertz CT molecular complexity index is 849. The van der Waals surface area contributed by atoms with E-state index < -0.39 is 0 Å². The van der Waals surface area contributed by atoms with Crippen LogP contribution in [-0.4, -0.2) is 56.5 Å². The number of amides is 2. The van der Waals surface area contributed by atoms with Crippen molar-refractivity contribution in [3.8, 4) is 11.4 Å². The monoisotopic (exact) mass is 404 g/mol. The number of likely N-dealkylation sites (tertiary alicyclic amines) is 1. The summed E-state index contributed by atoms with van der Waals surface area (Å²) < 4.78 is 21.0. The highest BCUT2D eigenvalue weighted by Gasteiger charge is 2.28. The summed E-state index contributed by atoms with van der Waals surface area (Å²) >= 11 is 1.45. The molecule has 3 heterocycles. The molecule has 0 aliphatic carbocycles. The van der Waals surface area contributed by atoms with Crippen molar-refractivity contribution >= 4 is 23.6 Å². The van der Waals surface area contributed by atoms with E-state index in [9.17, 15) is 14.0 Å².